The number of allylic oxidation sites excluding steroid dienone is 2. The van der Waals surface area contributed by atoms with E-state index in [9.17, 15) is 22.0 Å². The molecular formula is C19H17BrF5N3. The molecule has 1 aliphatic heterocycles. The molecule has 1 unspecified atom stereocenters. The molecule has 150 valence electrons. The van der Waals surface area contributed by atoms with E-state index >= 15 is 0 Å². The fourth-order valence-corrected chi connectivity index (χ4v) is 3.72. The Morgan fingerprint density at radius 1 is 1.36 bits per heavy atom. The lowest BCUT2D eigenvalue weighted by Gasteiger charge is -2.26. The van der Waals surface area contributed by atoms with E-state index in [1.165, 1.54) is 6.07 Å². The Hall–Kier alpha value is -2.03. The first kappa shape index (κ1) is 20.7. The van der Waals surface area contributed by atoms with Crippen molar-refractivity contribution in [3.05, 3.63) is 51.6 Å². The van der Waals surface area contributed by atoms with Crippen molar-refractivity contribution in [3.8, 4) is 0 Å². The zero-order chi connectivity index (χ0) is 20.7. The van der Waals surface area contributed by atoms with Gasteiger partial charge in [0.15, 0.2) is 0 Å². The van der Waals surface area contributed by atoms with Crippen molar-refractivity contribution in [2.75, 3.05) is 6.54 Å². The van der Waals surface area contributed by atoms with Gasteiger partial charge in [0.2, 0.25) is 0 Å². The van der Waals surface area contributed by atoms with E-state index in [2.05, 4.69) is 32.9 Å². The van der Waals surface area contributed by atoms with Gasteiger partial charge in [-0.25, -0.2) is 8.78 Å². The van der Waals surface area contributed by atoms with Gasteiger partial charge in [-0.2, -0.15) is 18.3 Å². The summed E-state index contributed by atoms with van der Waals surface area (Å²) >= 11 is 3.46. The second-order valence-corrected chi connectivity index (χ2v) is 7.77. The van der Waals surface area contributed by atoms with E-state index in [0.29, 0.717) is 28.0 Å². The van der Waals surface area contributed by atoms with Crippen LogP contribution in [0.1, 0.15) is 29.5 Å². The second-order valence-electron chi connectivity index (χ2n) is 6.81. The number of amidine groups is 1. The molecule has 0 aromatic heterocycles. The van der Waals surface area contributed by atoms with Crippen molar-refractivity contribution in [1.29, 1.82) is 0 Å². The summed E-state index contributed by atoms with van der Waals surface area (Å²) in [5, 5.41) is 7.35. The van der Waals surface area contributed by atoms with Crippen molar-refractivity contribution in [2.24, 2.45) is 16.1 Å². The summed E-state index contributed by atoms with van der Waals surface area (Å²) in [4.78, 5) is 1.68. The number of aryl methyl sites for hydroxylation is 1. The highest BCUT2D eigenvalue weighted by Gasteiger charge is 2.57. The molecule has 0 N–H and O–H groups in total. The van der Waals surface area contributed by atoms with E-state index in [4.69, 9.17) is 0 Å². The van der Waals surface area contributed by atoms with E-state index in [1.807, 2.05) is 0 Å². The molecule has 0 amide bonds. The minimum Gasteiger partial charge on any atom is -0.330 e. The standard InChI is InChI=1S/C19H17BrF5N3/c1-11-7-12(19(23,24)25)3-4-14(11)15-5-6-28(10-16(15)20)17(27-26-2)8-13-9-18(13,21)22/h3-7,13H,2,8-10H2,1H3/b27-17-. The van der Waals surface area contributed by atoms with Crippen LogP contribution in [-0.2, 0) is 6.18 Å². The topological polar surface area (TPSA) is 28.0 Å². The van der Waals surface area contributed by atoms with Crippen molar-refractivity contribution in [2.45, 2.75) is 31.9 Å². The zero-order valence-electron chi connectivity index (χ0n) is 14.9. The fraction of sp³-hybridized carbons (Fsp3) is 0.368. The minimum atomic E-state index is -4.40. The quantitative estimate of drug-likeness (QED) is 0.233. The molecule has 0 bridgehead atoms. The maximum Gasteiger partial charge on any atom is 0.416 e. The summed E-state index contributed by atoms with van der Waals surface area (Å²) in [5.41, 5.74) is 1.16. The summed E-state index contributed by atoms with van der Waals surface area (Å²) in [6, 6.07) is 3.58. The van der Waals surface area contributed by atoms with Gasteiger partial charge in [-0.3, -0.25) is 0 Å². The Bertz CT molecular complexity index is 886. The number of halogens is 6. The Balaban J connectivity index is 1.81. The molecule has 9 heteroatoms. The lowest BCUT2D eigenvalue weighted by Crippen LogP contribution is -2.29. The molecule has 0 radical (unpaired) electrons. The monoisotopic (exact) mass is 461 g/mol. The molecule has 0 saturated heterocycles. The molecule has 2 aliphatic rings. The third kappa shape index (κ3) is 4.34. The van der Waals surface area contributed by atoms with Crippen LogP contribution in [0.15, 0.2) is 45.2 Å². The Morgan fingerprint density at radius 2 is 2.04 bits per heavy atom. The van der Waals surface area contributed by atoms with E-state index in [1.54, 1.807) is 24.1 Å². The zero-order valence-corrected chi connectivity index (χ0v) is 16.5. The highest BCUT2D eigenvalue weighted by atomic mass is 79.9. The molecule has 3 rings (SSSR count). The number of benzene rings is 1. The largest absolute Gasteiger partial charge is 0.416 e. The van der Waals surface area contributed by atoms with Crippen LogP contribution >= 0.6 is 15.9 Å². The minimum absolute atomic E-state index is 0.0747. The van der Waals surface area contributed by atoms with Gasteiger partial charge >= 0.3 is 6.18 Å². The van der Waals surface area contributed by atoms with E-state index in [-0.39, 0.29) is 12.8 Å². The first-order chi connectivity index (χ1) is 13.0. The van der Waals surface area contributed by atoms with Crippen LogP contribution < -0.4 is 0 Å². The second kappa shape index (κ2) is 7.42. The van der Waals surface area contributed by atoms with Gasteiger partial charge < -0.3 is 4.90 Å². The third-order valence-electron chi connectivity index (χ3n) is 4.77. The third-order valence-corrected chi connectivity index (χ3v) is 5.45. The van der Waals surface area contributed by atoms with Crippen LogP contribution in [0.25, 0.3) is 5.57 Å². The molecular weight excluding hydrogens is 445 g/mol. The molecule has 28 heavy (non-hydrogen) atoms. The van der Waals surface area contributed by atoms with Crippen LogP contribution in [0.3, 0.4) is 0 Å². The van der Waals surface area contributed by atoms with Gasteiger partial charge in [0, 0.05) is 36.2 Å². The first-order valence-electron chi connectivity index (χ1n) is 8.45. The average Bonchev–Trinajstić information content (AvgIpc) is 3.20. The lowest BCUT2D eigenvalue weighted by molar-refractivity contribution is -0.137. The number of hydrogen-bond acceptors (Lipinski definition) is 2. The van der Waals surface area contributed by atoms with Gasteiger partial charge in [-0.05, 0) is 41.8 Å². The fourth-order valence-electron chi connectivity index (χ4n) is 3.11. The van der Waals surface area contributed by atoms with Crippen LogP contribution in [0, 0.1) is 12.8 Å². The van der Waals surface area contributed by atoms with Crippen LogP contribution in [-0.4, -0.2) is 29.9 Å². The number of nitrogens with zero attached hydrogens (tertiary/aromatic N) is 3. The van der Waals surface area contributed by atoms with Gasteiger partial charge in [-0.1, -0.05) is 22.0 Å². The van der Waals surface area contributed by atoms with E-state index < -0.39 is 23.6 Å². The molecule has 0 spiro atoms. The van der Waals surface area contributed by atoms with Crippen molar-refractivity contribution < 1.29 is 22.0 Å². The van der Waals surface area contributed by atoms with Crippen LogP contribution in [0.5, 0.6) is 0 Å². The number of alkyl halides is 5. The van der Waals surface area contributed by atoms with Crippen LogP contribution in [0.2, 0.25) is 0 Å². The highest BCUT2D eigenvalue weighted by Crippen LogP contribution is 2.51. The molecule has 3 nitrogen and oxygen atoms in total. The highest BCUT2D eigenvalue weighted by molar-refractivity contribution is 9.11. The van der Waals surface area contributed by atoms with Gasteiger partial charge in [0.05, 0.1) is 12.1 Å². The summed E-state index contributed by atoms with van der Waals surface area (Å²) in [7, 11) is 0. The summed E-state index contributed by atoms with van der Waals surface area (Å²) in [5.74, 6) is -3.06. The normalized spacial score (nSPS) is 21.9. The Labute approximate surface area is 167 Å². The molecule has 1 saturated carbocycles. The maximum atomic E-state index is 13.2. The van der Waals surface area contributed by atoms with Crippen LogP contribution in [0.4, 0.5) is 22.0 Å². The summed E-state index contributed by atoms with van der Waals surface area (Å²) in [6.45, 7) is 5.21. The molecule has 1 aromatic rings. The van der Waals surface area contributed by atoms with Gasteiger partial charge in [0.25, 0.3) is 5.92 Å². The van der Waals surface area contributed by atoms with Crippen molar-refractivity contribution in [3.63, 3.8) is 0 Å². The molecule has 1 aliphatic carbocycles. The predicted octanol–water partition coefficient (Wildman–Crippen LogP) is 6.01. The Kier molecular flexibility index (Phi) is 5.49. The average molecular weight is 462 g/mol. The number of rotatable bonds is 4. The molecule has 1 atom stereocenters. The molecule has 1 aromatic carbocycles. The van der Waals surface area contributed by atoms with Gasteiger partial charge in [-0.15, -0.1) is 5.10 Å². The summed E-state index contributed by atoms with van der Waals surface area (Å²) < 4.78 is 65.8. The smallest absolute Gasteiger partial charge is 0.330 e. The number of hydrogen-bond donors (Lipinski definition) is 0. The first-order valence-corrected chi connectivity index (χ1v) is 9.24. The molecule has 1 heterocycles. The van der Waals surface area contributed by atoms with Gasteiger partial charge in [0.1, 0.15) is 5.84 Å². The molecule has 1 fully saturated rings. The Morgan fingerprint density at radius 3 is 2.54 bits per heavy atom. The lowest BCUT2D eigenvalue weighted by atomic mass is 9.96. The SMILES string of the molecule is C=N/N=C(/CC1CC1(F)F)N1C=CC(c2ccc(C(F)(F)F)cc2C)=C(Br)C1. The van der Waals surface area contributed by atoms with Crippen molar-refractivity contribution in [1.82, 2.24) is 4.90 Å². The van der Waals surface area contributed by atoms with E-state index in [0.717, 1.165) is 17.7 Å². The predicted molar refractivity (Wildman–Crippen MR) is 103 cm³/mol. The van der Waals surface area contributed by atoms with Crippen molar-refractivity contribution >= 4 is 34.1 Å². The maximum absolute atomic E-state index is 13.2. The summed E-state index contributed by atoms with van der Waals surface area (Å²) in [6.07, 6.45) is -1.12.